The average Bonchev–Trinajstić information content (AvgIpc) is 2.80. The van der Waals surface area contributed by atoms with Gasteiger partial charge in [-0.2, -0.15) is 0 Å². The van der Waals surface area contributed by atoms with E-state index in [9.17, 15) is 9.59 Å². The highest BCUT2D eigenvalue weighted by Gasteiger charge is 2.36. The van der Waals surface area contributed by atoms with Crippen LogP contribution in [0, 0.1) is 11.8 Å². The molecule has 1 aromatic carbocycles. The number of rotatable bonds is 3. The standard InChI is InChI=1S/C14H17BrN2O3/c1-9-7-17(8-11(9)13(18)19)14(20)16-6-10-4-2-3-5-12(10)15/h2-5,9,11H,6-8H2,1H3,(H,16,20)(H,18,19). The maximum absolute atomic E-state index is 12.1. The second-order valence-electron chi connectivity index (χ2n) is 5.08. The Balaban J connectivity index is 1.90. The Morgan fingerprint density at radius 2 is 2.10 bits per heavy atom. The van der Waals surface area contributed by atoms with E-state index in [4.69, 9.17) is 5.11 Å². The van der Waals surface area contributed by atoms with Crippen LogP contribution >= 0.6 is 15.9 Å². The number of carboxylic acids is 1. The van der Waals surface area contributed by atoms with Gasteiger partial charge in [-0.25, -0.2) is 4.79 Å². The molecule has 2 N–H and O–H groups in total. The van der Waals surface area contributed by atoms with Crippen molar-refractivity contribution in [3.8, 4) is 0 Å². The number of hydrogen-bond donors (Lipinski definition) is 2. The first-order chi connectivity index (χ1) is 9.49. The van der Waals surface area contributed by atoms with Gasteiger partial charge in [0.15, 0.2) is 0 Å². The molecule has 0 saturated carbocycles. The summed E-state index contributed by atoms with van der Waals surface area (Å²) >= 11 is 3.43. The second kappa shape index (κ2) is 6.26. The van der Waals surface area contributed by atoms with Crippen LogP contribution in [0.25, 0.3) is 0 Å². The predicted octanol–water partition coefficient (Wildman–Crippen LogP) is 2.31. The first-order valence-corrected chi connectivity index (χ1v) is 7.27. The Morgan fingerprint density at radius 3 is 2.70 bits per heavy atom. The fourth-order valence-electron chi connectivity index (χ4n) is 2.38. The maximum atomic E-state index is 12.1. The van der Waals surface area contributed by atoms with Gasteiger partial charge in [0, 0.05) is 24.1 Å². The number of carbonyl (C=O) groups excluding carboxylic acids is 1. The van der Waals surface area contributed by atoms with Crippen LogP contribution in [0.1, 0.15) is 12.5 Å². The number of nitrogens with zero attached hydrogens (tertiary/aromatic N) is 1. The third-order valence-corrected chi connectivity index (χ3v) is 4.38. The first kappa shape index (κ1) is 14.8. The largest absolute Gasteiger partial charge is 0.481 e. The molecule has 2 amide bonds. The molecule has 2 unspecified atom stereocenters. The van der Waals surface area contributed by atoms with E-state index in [1.54, 1.807) is 4.90 Å². The molecule has 0 aromatic heterocycles. The number of amides is 2. The molecule has 6 heteroatoms. The molecule has 1 aliphatic rings. The number of hydrogen-bond acceptors (Lipinski definition) is 2. The van der Waals surface area contributed by atoms with E-state index in [0.717, 1.165) is 10.0 Å². The number of halogens is 1. The van der Waals surface area contributed by atoms with E-state index >= 15 is 0 Å². The molecule has 1 heterocycles. The molecule has 108 valence electrons. The van der Waals surface area contributed by atoms with Crippen molar-refractivity contribution in [3.63, 3.8) is 0 Å². The van der Waals surface area contributed by atoms with Gasteiger partial charge in [-0.1, -0.05) is 41.1 Å². The normalized spacial score (nSPS) is 21.8. The van der Waals surface area contributed by atoms with Gasteiger partial charge < -0.3 is 15.3 Å². The third kappa shape index (κ3) is 3.30. The molecule has 2 rings (SSSR count). The van der Waals surface area contributed by atoms with Crippen molar-refractivity contribution in [1.82, 2.24) is 10.2 Å². The maximum Gasteiger partial charge on any atom is 0.317 e. The second-order valence-corrected chi connectivity index (χ2v) is 5.93. The van der Waals surface area contributed by atoms with Crippen LogP contribution in [-0.4, -0.2) is 35.1 Å². The number of likely N-dealkylation sites (tertiary alicyclic amines) is 1. The van der Waals surface area contributed by atoms with Crippen molar-refractivity contribution in [2.45, 2.75) is 13.5 Å². The Bertz CT molecular complexity index is 521. The number of carboxylic acid groups (broad SMARTS) is 1. The first-order valence-electron chi connectivity index (χ1n) is 6.48. The minimum Gasteiger partial charge on any atom is -0.481 e. The van der Waals surface area contributed by atoms with Crippen LogP contribution in [0.5, 0.6) is 0 Å². The summed E-state index contributed by atoms with van der Waals surface area (Å²) in [6.07, 6.45) is 0. The average molecular weight is 341 g/mol. The van der Waals surface area contributed by atoms with Crippen LogP contribution in [0.2, 0.25) is 0 Å². The highest BCUT2D eigenvalue weighted by molar-refractivity contribution is 9.10. The van der Waals surface area contributed by atoms with E-state index in [0.29, 0.717) is 13.1 Å². The zero-order chi connectivity index (χ0) is 14.7. The fraction of sp³-hybridized carbons (Fsp3) is 0.429. The van der Waals surface area contributed by atoms with Gasteiger partial charge in [0.2, 0.25) is 0 Å². The molecule has 1 saturated heterocycles. The number of nitrogens with one attached hydrogen (secondary N) is 1. The predicted molar refractivity (Wildman–Crippen MR) is 78.2 cm³/mol. The Labute approximate surface area is 126 Å². The monoisotopic (exact) mass is 340 g/mol. The highest BCUT2D eigenvalue weighted by atomic mass is 79.9. The number of carbonyl (C=O) groups is 2. The van der Waals surface area contributed by atoms with Gasteiger partial charge in [-0.05, 0) is 17.5 Å². The summed E-state index contributed by atoms with van der Waals surface area (Å²) in [5.41, 5.74) is 0.989. The summed E-state index contributed by atoms with van der Waals surface area (Å²) in [5.74, 6) is -1.32. The van der Waals surface area contributed by atoms with Gasteiger partial charge in [-0.15, -0.1) is 0 Å². The van der Waals surface area contributed by atoms with Gasteiger partial charge >= 0.3 is 12.0 Å². The van der Waals surface area contributed by atoms with Crippen molar-refractivity contribution in [1.29, 1.82) is 0 Å². The van der Waals surface area contributed by atoms with Crippen molar-refractivity contribution in [3.05, 3.63) is 34.3 Å². The van der Waals surface area contributed by atoms with Crippen molar-refractivity contribution < 1.29 is 14.7 Å². The smallest absolute Gasteiger partial charge is 0.317 e. The van der Waals surface area contributed by atoms with Crippen molar-refractivity contribution in [2.24, 2.45) is 11.8 Å². The summed E-state index contributed by atoms with van der Waals surface area (Å²) in [7, 11) is 0. The zero-order valence-electron chi connectivity index (χ0n) is 11.2. The summed E-state index contributed by atoms with van der Waals surface area (Å²) in [6.45, 7) is 3.04. The van der Waals surface area contributed by atoms with Gasteiger partial charge in [0.05, 0.1) is 5.92 Å². The molecular formula is C14H17BrN2O3. The number of aliphatic carboxylic acids is 1. The highest BCUT2D eigenvalue weighted by Crippen LogP contribution is 2.23. The van der Waals surface area contributed by atoms with E-state index < -0.39 is 11.9 Å². The topological polar surface area (TPSA) is 69.6 Å². The molecule has 0 spiro atoms. The fourth-order valence-corrected chi connectivity index (χ4v) is 2.80. The molecule has 0 bridgehead atoms. The Morgan fingerprint density at radius 1 is 1.40 bits per heavy atom. The molecule has 1 fully saturated rings. The molecule has 20 heavy (non-hydrogen) atoms. The lowest BCUT2D eigenvalue weighted by molar-refractivity contribution is -0.142. The third-order valence-electron chi connectivity index (χ3n) is 3.60. The van der Waals surface area contributed by atoms with Gasteiger partial charge in [0.25, 0.3) is 0 Å². The van der Waals surface area contributed by atoms with Crippen LogP contribution in [-0.2, 0) is 11.3 Å². The SMILES string of the molecule is CC1CN(C(=O)NCc2ccccc2Br)CC1C(=O)O. The minimum atomic E-state index is -0.835. The van der Waals surface area contributed by atoms with E-state index in [1.807, 2.05) is 31.2 Å². The summed E-state index contributed by atoms with van der Waals surface area (Å²) < 4.78 is 0.943. The summed E-state index contributed by atoms with van der Waals surface area (Å²) in [6, 6.07) is 7.45. The molecule has 1 aromatic rings. The lowest BCUT2D eigenvalue weighted by Crippen LogP contribution is -2.38. The van der Waals surface area contributed by atoms with Crippen LogP contribution in [0.3, 0.4) is 0 Å². The molecule has 0 radical (unpaired) electrons. The molecule has 1 aliphatic heterocycles. The van der Waals surface area contributed by atoms with Crippen molar-refractivity contribution >= 4 is 27.9 Å². The van der Waals surface area contributed by atoms with Crippen molar-refractivity contribution in [2.75, 3.05) is 13.1 Å². The van der Waals surface area contributed by atoms with Crippen LogP contribution in [0.4, 0.5) is 4.79 Å². The Hall–Kier alpha value is -1.56. The lowest BCUT2D eigenvalue weighted by Gasteiger charge is -2.17. The zero-order valence-corrected chi connectivity index (χ0v) is 12.8. The molecule has 2 atom stereocenters. The molecular weight excluding hydrogens is 324 g/mol. The van der Waals surface area contributed by atoms with Crippen LogP contribution in [0.15, 0.2) is 28.7 Å². The quantitative estimate of drug-likeness (QED) is 0.886. The summed E-state index contributed by atoms with van der Waals surface area (Å²) in [4.78, 5) is 24.7. The van der Waals surface area contributed by atoms with E-state index in [2.05, 4.69) is 21.2 Å². The number of benzene rings is 1. The summed E-state index contributed by atoms with van der Waals surface area (Å²) in [5, 5.41) is 11.9. The minimum absolute atomic E-state index is 0.0123. The van der Waals surface area contributed by atoms with E-state index in [-0.39, 0.29) is 18.5 Å². The van der Waals surface area contributed by atoms with Gasteiger partial charge in [-0.3, -0.25) is 4.79 Å². The molecule has 5 nitrogen and oxygen atoms in total. The van der Waals surface area contributed by atoms with Crippen LogP contribution < -0.4 is 5.32 Å². The Kier molecular flexibility index (Phi) is 4.65. The lowest BCUT2D eigenvalue weighted by atomic mass is 9.99. The molecule has 0 aliphatic carbocycles. The number of urea groups is 1. The van der Waals surface area contributed by atoms with Gasteiger partial charge in [0.1, 0.15) is 0 Å². The van der Waals surface area contributed by atoms with E-state index in [1.165, 1.54) is 0 Å².